The third kappa shape index (κ3) is 1.51. The molecule has 0 spiro atoms. The molecular weight excluding hydrogens is 208 g/mol. The maximum atomic E-state index is 9.65. The normalized spacial score (nSPS) is 47.4. The van der Waals surface area contributed by atoms with Gasteiger partial charge in [0.15, 0.2) is 5.17 Å². The lowest BCUT2D eigenvalue weighted by Crippen LogP contribution is -2.55. The topological polar surface area (TPSA) is 108 Å². The Kier molecular flexibility index (Phi) is 2.67. The van der Waals surface area contributed by atoms with Gasteiger partial charge in [0.1, 0.15) is 29.8 Å². The highest BCUT2D eigenvalue weighted by Gasteiger charge is 2.47. The van der Waals surface area contributed by atoms with Crippen molar-refractivity contribution in [1.29, 1.82) is 0 Å². The molecule has 0 aromatic rings. The van der Waals surface area contributed by atoms with Crippen LogP contribution in [0.15, 0.2) is 4.99 Å². The van der Waals surface area contributed by atoms with E-state index >= 15 is 0 Å². The molecule has 2 heterocycles. The molecule has 2 aliphatic rings. The fourth-order valence-electron chi connectivity index (χ4n) is 1.60. The summed E-state index contributed by atoms with van der Waals surface area (Å²) in [7, 11) is 0. The van der Waals surface area contributed by atoms with Crippen molar-refractivity contribution in [3.05, 3.63) is 0 Å². The molecule has 0 radical (unpaired) electrons. The standard InChI is InChI=1S/C7H12N2O4S/c8-7-9-3-5(12)4(11)2(1-10)13-6(3)14-7/h2-6,10-12H,1H2,(H2,8,9)/t2?,3-,4-,5-,6-/m1/s1. The lowest BCUT2D eigenvalue weighted by molar-refractivity contribution is -0.164. The second-order valence-corrected chi connectivity index (χ2v) is 4.40. The summed E-state index contributed by atoms with van der Waals surface area (Å²) in [6.07, 6.45) is -2.91. The van der Waals surface area contributed by atoms with Gasteiger partial charge in [-0.05, 0) is 0 Å². The van der Waals surface area contributed by atoms with Crippen molar-refractivity contribution in [2.75, 3.05) is 6.61 Å². The molecule has 0 aromatic heterocycles. The molecule has 7 heteroatoms. The predicted octanol–water partition coefficient (Wildman–Crippen LogP) is -2.14. The lowest BCUT2D eigenvalue weighted by atomic mass is 9.99. The SMILES string of the molecule is NC1=N[C@@H]2[C@@H](O)[C@H](O)C(CO)O[C@@H]2S1. The number of aliphatic hydroxyl groups is 3. The molecule has 5 atom stereocenters. The molecule has 14 heavy (non-hydrogen) atoms. The fraction of sp³-hybridized carbons (Fsp3) is 0.857. The average molecular weight is 220 g/mol. The van der Waals surface area contributed by atoms with Crippen LogP contribution in [0.3, 0.4) is 0 Å². The van der Waals surface area contributed by atoms with E-state index < -0.39 is 29.8 Å². The number of amidine groups is 1. The van der Waals surface area contributed by atoms with E-state index in [9.17, 15) is 10.2 Å². The summed E-state index contributed by atoms with van der Waals surface area (Å²) in [6.45, 7) is -0.331. The van der Waals surface area contributed by atoms with Gasteiger partial charge in [0.25, 0.3) is 0 Å². The van der Waals surface area contributed by atoms with E-state index in [1.165, 1.54) is 11.8 Å². The molecule has 2 rings (SSSR count). The zero-order chi connectivity index (χ0) is 10.3. The van der Waals surface area contributed by atoms with E-state index in [1.54, 1.807) is 0 Å². The van der Waals surface area contributed by atoms with Crippen molar-refractivity contribution in [3.8, 4) is 0 Å². The minimum atomic E-state index is -1.11. The summed E-state index contributed by atoms with van der Waals surface area (Å²) in [5, 5.41) is 28.4. The molecule has 2 aliphatic heterocycles. The molecule has 1 saturated heterocycles. The number of aliphatic imine (C=N–C) groups is 1. The van der Waals surface area contributed by atoms with Crippen LogP contribution in [-0.2, 0) is 4.74 Å². The first-order chi connectivity index (χ1) is 6.63. The number of aliphatic hydroxyl groups excluding tert-OH is 3. The minimum absolute atomic E-state index is 0.331. The quantitative estimate of drug-likeness (QED) is 0.401. The molecule has 0 saturated carbocycles. The molecular formula is C7H12N2O4S. The number of hydrogen-bond acceptors (Lipinski definition) is 7. The van der Waals surface area contributed by atoms with Gasteiger partial charge in [-0.2, -0.15) is 0 Å². The number of fused-ring (bicyclic) bond motifs is 1. The van der Waals surface area contributed by atoms with E-state index in [2.05, 4.69) is 4.99 Å². The molecule has 1 fully saturated rings. The summed E-state index contributed by atoms with van der Waals surface area (Å²) in [5.74, 6) is 0. The first kappa shape index (κ1) is 10.2. The second kappa shape index (κ2) is 3.67. The number of nitrogens with zero attached hydrogens (tertiary/aromatic N) is 1. The Morgan fingerprint density at radius 3 is 2.79 bits per heavy atom. The summed E-state index contributed by atoms with van der Waals surface area (Å²) in [6, 6.07) is -0.530. The third-order valence-electron chi connectivity index (χ3n) is 2.36. The number of rotatable bonds is 1. The molecule has 0 amide bonds. The maximum absolute atomic E-state index is 9.65. The largest absolute Gasteiger partial charge is 0.394 e. The van der Waals surface area contributed by atoms with Crippen LogP contribution in [0.5, 0.6) is 0 Å². The van der Waals surface area contributed by atoms with E-state index in [4.69, 9.17) is 15.6 Å². The lowest BCUT2D eigenvalue weighted by Gasteiger charge is -2.37. The van der Waals surface area contributed by atoms with E-state index in [0.29, 0.717) is 5.17 Å². The first-order valence-electron chi connectivity index (χ1n) is 4.26. The van der Waals surface area contributed by atoms with Crippen LogP contribution in [-0.4, -0.2) is 56.9 Å². The van der Waals surface area contributed by atoms with Crippen LogP contribution < -0.4 is 5.73 Å². The van der Waals surface area contributed by atoms with Crippen LogP contribution >= 0.6 is 11.8 Å². The van der Waals surface area contributed by atoms with Crippen LogP contribution in [0.2, 0.25) is 0 Å². The highest BCUT2D eigenvalue weighted by molar-refractivity contribution is 8.14. The molecule has 0 aromatic carbocycles. The molecule has 0 bridgehead atoms. The van der Waals surface area contributed by atoms with Crippen LogP contribution in [0, 0.1) is 0 Å². The fourth-order valence-corrected chi connectivity index (χ4v) is 2.58. The van der Waals surface area contributed by atoms with Crippen molar-refractivity contribution < 1.29 is 20.1 Å². The Morgan fingerprint density at radius 2 is 2.14 bits per heavy atom. The molecule has 1 unspecified atom stereocenters. The summed E-state index contributed by atoms with van der Waals surface area (Å²) in [5.41, 5.74) is 5.07. The Labute approximate surface area is 84.8 Å². The van der Waals surface area contributed by atoms with Gasteiger partial charge in [0.2, 0.25) is 0 Å². The van der Waals surface area contributed by atoms with Crippen LogP contribution in [0.1, 0.15) is 0 Å². The Morgan fingerprint density at radius 1 is 1.43 bits per heavy atom. The summed E-state index contributed by atoms with van der Waals surface area (Å²) < 4.78 is 5.32. The van der Waals surface area contributed by atoms with Gasteiger partial charge in [-0.15, -0.1) is 0 Å². The highest BCUT2D eigenvalue weighted by atomic mass is 32.2. The van der Waals surface area contributed by atoms with Gasteiger partial charge < -0.3 is 25.8 Å². The Bertz CT molecular complexity index is 262. The molecule has 80 valence electrons. The van der Waals surface area contributed by atoms with Crippen molar-refractivity contribution in [3.63, 3.8) is 0 Å². The number of thioether (sulfide) groups is 1. The third-order valence-corrected chi connectivity index (χ3v) is 3.33. The predicted molar refractivity (Wildman–Crippen MR) is 50.8 cm³/mol. The highest BCUT2D eigenvalue weighted by Crippen LogP contribution is 2.34. The summed E-state index contributed by atoms with van der Waals surface area (Å²) >= 11 is 1.20. The zero-order valence-corrected chi connectivity index (χ0v) is 8.09. The van der Waals surface area contributed by atoms with Gasteiger partial charge in [-0.3, -0.25) is 4.99 Å². The number of nitrogens with two attached hydrogens (primary N) is 1. The van der Waals surface area contributed by atoms with Crippen LogP contribution in [0.25, 0.3) is 0 Å². The Balaban J connectivity index is 2.14. The molecule has 0 aliphatic carbocycles. The van der Waals surface area contributed by atoms with Gasteiger partial charge in [-0.1, -0.05) is 11.8 Å². The Hall–Kier alpha value is -0.340. The smallest absolute Gasteiger partial charge is 0.157 e. The average Bonchev–Trinajstić information content (AvgIpc) is 2.52. The van der Waals surface area contributed by atoms with Gasteiger partial charge in [0.05, 0.1) is 6.61 Å². The van der Waals surface area contributed by atoms with E-state index in [0.717, 1.165) is 0 Å². The monoisotopic (exact) mass is 220 g/mol. The van der Waals surface area contributed by atoms with Crippen molar-refractivity contribution in [2.45, 2.75) is 29.8 Å². The van der Waals surface area contributed by atoms with Crippen molar-refractivity contribution >= 4 is 16.9 Å². The summed E-state index contributed by atoms with van der Waals surface area (Å²) in [4.78, 5) is 3.95. The van der Waals surface area contributed by atoms with Crippen molar-refractivity contribution in [1.82, 2.24) is 0 Å². The van der Waals surface area contributed by atoms with E-state index in [-0.39, 0.29) is 6.61 Å². The van der Waals surface area contributed by atoms with E-state index in [1.807, 2.05) is 0 Å². The number of ether oxygens (including phenoxy) is 1. The zero-order valence-electron chi connectivity index (χ0n) is 7.28. The maximum Gasteiger partial charge on any atom is 0.157 e. The molecule has 5 N–H and O–H groups in total. The second-order valence-electron chi connectivity index (χ2n) is 3.28. The van der Waals surface area contributed by atoms with Gasteiger partial charge in [-0.25, -0.2) is 0 Å². The van der Waals surface area contributed by atoms with Gasteiger partial charge >= 0.3 is 0 Å². The van der Waals surface area contributed by atoms with Gasteiger partial charge in [0, 0.05) is 0 Å². The first-order valence-corrected chi connectivity index (χ1v) is 5.14. The van der Waals surface area contributed by atoms with Crippen LogP contribution in [0.4, 0.5) is 0 Å². The number of hydrogen-bond donors (Lipinski definition) is 4. The van der Waals surface area contributed by atoms with Crippen molar-refractivity contribution in [2.24, 2.45) is 10.7 Å². The molecule has 6 nitrogen and oxygen atoms in total. The minimum Gasteiger partial charge on any atom is -0.394 e.